The van der Waals surface area contributed by atoms with E-state index in [4.69, 9.17) is 9.84 Å². The molecule has 0 bridgehead atoms. The fourth-order valence-corrected chi connectivity index (χ4v) is 2.45. The van der Waals surface area contributed by atoms with E-state index in [9.17, 15) is 4.79 Å². The van der Waals surface area contributed by atoms with Crippen LogP contribution in [0.4, 0.5) is 0 Å². The van der Waals surface area contributed by atoms with E-state index in [1.165, 1.54) is 11.1 Å². The van der Waals surface area contributed by atoms with Crippen molar-refractivity contribution in [1.82, 2.24) is 0 Å². The number of carboxylic acids is 1. The lowest BCUT2D eigenvalue weighted by molar-refractivity contribution is -0.141. The average Bonchev–Trinajstić information content (AvgIpc) is 2.70. The first-order valence-electron chi connectivity index (χ1n) is 5.53. The van der Waals surface area contributed by atoms with E-state index in [1.807, 2.05) is 18.2 Å². The highest BCUT2D eigenvalue weighted by molar-refractivity contribution is 5.71. The van der Waals surface area contributed by atoms with Gasteiger partial charge in [0.15, 0.2) is 0 Å². The molecule has 0 amide bonds. The molecule has 1 aliphatic carbocycles. The second-order valence-electron chi connectivity index (χ2n) is 4.34. The molecule has 0 saturated heterocycles. The second-order valence-corrected chi connectivity index (χ2v) is 4.34. The number of methoxy groups -OCH3 is 1. The van der Waals surface area contributed by atoms with Gasteiger partial charge in [0, 0.05) is 0 Å². The van der Waals surface area contributed by atoms with Crippen LogP contribution in [-0.2, 0) is 11.2 Å². The van der Waals surface area contributed by atoms with Crippen molar-refractivity contribution < 1.29 is 14.6 Å². The maximum atomic E-state index is 11.0. The third-order valence-corrected chi connectivity index (χ3v) is 3.47. The lowest BCUT2D eigenvalue weighted by atomic mass is 9.89. The van der Waals surface area contributed by atoms with Crippen molar-refractivity contribution in [2.75, 3.05) is 7.11 Å². The Bertz CT molecular complexity index is 412. The molecule has 0 aromatic heterocycles. The van der Waals surface area contributed by atoms with Crippen molar-refractivity contribution in [3.05, 3.63) is 29.3 Å². The summed E-state index contributed by atoms with van der Waals surface area (Å²) >= 11 is 0. The Morgan fingerprint density at radius 3 is 2.94 bits per heavy atom. The van der Waals surface area contributed by atoms with Crippen molar-refractivity contribution >= 4 is 5.97 Å². The molecule has 1 aromatic carbocycles. The molecule has 1 unspecified atom stereocenters. The number of hydrogen-bond donors (Lipinski definition) is 1. The van der Waals surface area contributed by atoms with Crippen LogP contribution in [0, 0.1) is 5.92 Å². The molecule has 0 saturated carbocycles. The van der Waals surface area contributed by atoms with E-state index >= 15 is 0 Å². The molecule has 3 heteroatoms. The van der Waals surface area contributed by atoms with Crippen molar-refractivity contribution in [1.29, 1.82) is 0 Å². The third kappa shape index (κ3) is 1.77. The summed E-state index contributed by atoms with van der Waals surface area (Å²) in [6, 6.07) is 5.93. The van der Waals surface area contributed by atoms with Gasteiger partial charge in [-0.05, 0) is 42.0 Å². The summed E-state index contributed by atoms with van der Waals surface area (Å²) in [5.74, 6) is -0.0240. The van der Waals surface area contributed by atoms with Crippen LogP contribution in [0.15, 0.2) is 18.2 Å². The summed E-state index contributed by atoms with van der Waals surface area (Å²) < 4.78 is 5.17. The van der Waals surface area contributed by atoms with E-state index < -0.39 is 5.97 Å². The van der Waals surface area contributed by atoms with Crippen LogP contribution in [0.5, 0.6) is 5.75 Å². The van der Waals surface area contributed by atoms with E-state index in [1.54, 1.807) is 14.0 Å². The van der Waals surface area contributed by atoms with Gasteiger partial charge in [-0.15, -0.1) is 0 Å². The molecule has 0 heterocycles. The fourth-order valence-electron chi connectivity index (χ4n) is 2.45. The predicted octanol–water partition coefficient (Wildman–Crippen LogP) is 2.45. The molecule has 0 radical (unpaired) electrons. The van der Waals surface area contributed by atoms with Crippen molar-refractivity contribution in [3.63, 3.8) is 0 Å². The Balaban J connectivity index is 2.30. The number of benzene rings is 1. The molecule has 2 rings (SSSR count). The van der Waals surface area contributed by atoms with Gasteiger partial charge in [-0.3, -0.25) is 4.79 Å². The maximum absolute atomic E-state index is 11.0. The van der Waals surface area contributed by atoms with Gasteiger partial charge in [-0.2, -0.15) is 0 Å². The molecule has 0 spiro atoms. The van der Waals surface area contributed by atoms with Gasteiger partial charge >= 0.3 is 5.97 Å². The summed E-state index contributed by atoms with van der Waals surface area (Å²) in [6.07, 6.45) is 1.88. The number of carbonyl (C=O) groups is 1. The van der Waals surface area contributed by atoms with E-state index in [0.717, 1.165) is 18.6 Å². The molecule has 0 fully saturated rings. The number of rotatable bonds is 3. The van der Waals surface area contributed by atoms with E-state index in [0.29, 0.717) is 0 Å². The highest BCUT2D eigenvalue weighted by Crippen LogP contribution is 2.39. The summed E-state index contributed by atoms with van der Waals surface area (Å²) in [6.45, 7) is 1.78. The molecular formula is C13H16O3. The first kappa shape index (κ1) is 11.0. The van der Waals surface area contributed by atoms with Gasteiger partial charge in [0.05, 0.1) is 13.0 Å². The molecular weight excluding hydrogens is 204 g/mol. The summed E-state index contributed by atoms with van der Waals surface area (Å²) in [5.41, 5.74) is 2.41. The molecule has 86 valence electrons. The van der Waals surface area contributed by atoms with Crippen molar-refractivity contribution in [2.45, 2.75) is 25.7 Å². The Labute approximate surface area is 95.0 Å². The first-order chi connectivity index (χ1) is 7.63. The Morgan fingerprint density at radius 1 is 1.56 bits per heavy atom. The number of aryl methyl sites for hydroxylation is 1. The van der Waals surface area contributed by atoms with E-state index in [2.05, 4.69) is 0 Å². The summed E-state index contributed by atoms with van der Waals surface area (Å²) in [4.78, 5) is 11.0. The number of hydrogen-bond acceptors (Lipinski definition) is 2. The van der Waals surface area contributed by atoms with E-state index in [-0.39, 0.29) is 11.8 Å². The minimum Gasteiger partial charge on any atom is -0.497 e. The molecule has 1 aromatic rings. The average molecular weight is 220 g/mol. The van der Waals surface area contributed by atoms with Crippen LogP contribution in [0.1, 0.15) is 30.4 Å². The number of aliphatic carboxylic acids is 1. The van der Waals surface area contributed by atoms with Crippen LogP contribution in [-0.4, -0.2) is 18.2 Å². The van der Waals surface area contributed by atoms with Crippen molar-refractivity contribution in [3.8, 4) is 5.75 Å². The van der Waals surface area contributed by atoms with Gasteiger partial charge in [0.25, 0.3) is 0 Å². The van der Waals surface area contributed by atoms with Crippen LogP contribution in [0.3, 0.4) is 0 Å². The first-order valence-corrected chi connectivity index (χ1v) is 5.53. The monoisotopic (exact) mass is 220 g/mol. The molecule has 1 aliphatic rings. The molecule has 3 nitrogen and oxygen atoms in total. The highest BCUT2D eigenvalue weighted by atomic mass is 16.5. The zero-order valence-corrected chi connectivity index (χ0v) is 9.56. The van der Waals surface area contributed by atoms with Crippen LogP contribution in [0.25, 0.3) is 0 Å². The summed E-state index contributed by atoms with van der Waals surface area (Å²) in [5, 5.41) is 9.04. The number of ether oxygens (including phenoxy) is 1. The molecule has 1 N–H and O–H groups in total. The normalized spacial score (nSPS) is 20.2. The largest absolute Gasteiger partial charge is 0.497 e. The Hall–Kier alpha value is -1.51. The quantitative estimate of drug-likeness (QED) is 0.851. The summed E-state index contributed by atoms with van der Waals surface area (Å²) in [7, 11) is 1.65. The van der Waals surface area contributed by atoms with Gasteiger partial charge < -0.3 is 9.84 Å². The smallest absolute Gasteiger partial charge is 0.306 e. The lowest BCUT2D eigenvalue weighted by Crippen LogP contribution is -2.17. The highest BCUT2D eigenvalue weighted by Gasteiger charge is 2.31. The minimum absolute atomic E-state index is 0.151. The maximum Gasteiger partial charge on any atom is 0.306 e. The zero-order chi connectivity index (χ0) is 11.7. The van der Waals surface area contributed by atoms with Gasteiger partial charge in [0.2, 0.25) is 0 Å². The predicted molar refractivity (Wildman–Crippen MR) is 60.9 cm³/mol. The molecule has 0 aliphatic heterocycles. The Kier molecular flexibility index (Phi) is 2.86. The minimum atomic E-state index is -0.714. The number of fused-ring (bicyclic) bond motifs is 1. The van der Waals surface area contributed by atoms with Crippen molar-refractivity contribution in [2.24, 2.45) is 5.92 Å². The van der Waals surface area contributed by atoms with Gasteiger partial charge in [-0.1, -0.05) is 13.0 Å². The SMILES string of the molecule is COc1ccc2c(c1)CCC2[C@H](C)C(=O)O. The molecule has 16 heavy (non-hydrogen) atoms. The zero-order valence-electron chi connectivity index (χ0n) is 9.56. The van der Waals surface area contributed by atoms with Gasteiger partial charge in [0.1, 0.15) is 5.75 Å². The lowest BCUT2D eigenvalue weighted by Gasteiger charge is -2.16. The fraction of sp³-hybridized carbons (Fsp3) is 0.462. The van der Waals surface area contributed by atoms with Crippen LogP contribution >= 0.6 is 0 Å². The number of carboxylic acid groups (broad SMARTS) is 1. The standard InChI is InChI=1S/C13H16O3/c1-8(13(14)15)11-5-3-9-7-10(16-2)4-6-12(9)11/h4,6-8,11H,3,5H2,1-2H3,(H,14,15)/t8-,11?/m0/s1. The third-order valence-electron chi connectivity index (χ3n) is 3.47. The van der Waals surface area contributed by atoms with Gasteiger partial charge in [-0.25, -0.2) is 0 Å². The van der Waals surface area contributed by atoms with Crippen LogP contribution in [0.2, 0.25) is 0 Å². The molecule has 2 atom stereocenters. The second kappa shape index (κ2) is 4.16. The topological polar surface area (TPSA) is 46.5 Å². The van der Waals surface area contributed by atoms with Crippen LogP contribution < -0.4 is 4.74 Å². The Morgan fingerprint density at radius 2 is 2.31 bits per heavy atom.